The van der Waals surface area contributed by atoms with Gasteiger partial charge in [0.1, 0.15) is 11.5 Å². The van der Waals surface area contributed by atoms with Crippen molar-refractivity contribution in [1.82, 2.24) is 5.32 Å². The van der Waals surface area contributed by atoms with Gasteiger partial charge in [0.2, 0.25) is 0 Å². The lowest BCUT2D eigenvalue weighted by Gasteiger charge is -2.56. The van der Waals surface area contributed by atoms with Crippen LogP contribution in [0.2, 0.25) is 0 Å². The van der Waals surface area contributed by atoms with Crippen LogP contribution in [0.25, 0.3) is 0 Å². The Balaban J connectivity index is 1.56. The maximum absolute atomic E-state index is 10.3. The van der Waals surface area contributed by atoms with Crippen molar-refractivity contribution in [1.29, 1.82) is 0 Å². The Kier molecular flexibility index (Phi) is 7.66. The Morgan fingerprint density at radius 3 is 2.38 bits per heavy atom. The van der Waals surface area contributed by atoms with Crippen molar-refractivity contribution in [2.24, 2.45) is 34.5 Å². The van der Waals surface area contributed by atoms with E-state index in [1.54, 1.807) is 14.2 Å². The van der Waals surface area contributed by atoms with Crippen molar-refractivity contribution in [2.75, 3.05) is 27.4 Å². The van der Waals surface area contributed by atoms with E-state index in [9.17, 15) is 10.2 Å². The van der Waals surface area contributed by atoms with Gasteiger partial charge in [0.05, 0.1) is 20.3 Å². The molecule has 3 saturated carbocycles. The highest BCUT2D eigenvalue weighted by Crippen LogP contribution is 2.63. The van der Waals surface area contributed by atoms with Crippen LogP contribution in [0.15, 0.2) is 30.4 Å². The summed E-state index contributed by atoms with van der Waals surface area (Å²) in [5, 5.41) is 24.4. The maximum Gasteiger partial charge on any atom is 0.122 e. The molecule has 0 radical (unpaired) electrons. The molecule has 0 bridgehead atoms. The van der Waals surface area contributed by atoms with Crippen molar-refractivity contribution in [3.63, 3.8) is 0 Å². The topological polar surface area (TPSA) is 71.0 Å². The van der Waals surface area contributed by atoms with E-state index in [0.717, 1.165) is 55.8 Å². The number of aliphatic hydroxyl groups is 2. The average molecular weight is 472 g/mol. The first-order chi connectivity index (χ1) is 16.2. The van der Waals surface area contributed by atoms with E-state index < -0.39 is 0 Å². The maximum atomic E-state index is 10.3. The molecule has 0 aliphatic heterocycles. The Hall–Kier alpha value is -1.56. The van der Waals surface area contributed by atoms with E-state index >= 15 is 0 Å². The van der Waals surface area contributed by atoms with Crippen LogP contribution < -0.4 is 14.8 Å². The van der Waals surface area contributed by atoms with Crippen LogP contribution in [-0.4, -0.2) is 43.7 Å². The summed E-state index contributed by atoms with van der Waals surface area (Å²) in [5.41, 5.74) is 2.87. The number of aliphatic hydroxyl groups excluding tert-OH is 2. The van der Waals surface area contributed by atoms with Crippen molar-refractivity contribution < 1.29 is 19.7 Å². The van der Waals surface area contributed by atoms with Crippen molar-refractivity contribution in [3.8, 4) is 11.5 Å². The summed E-state index contributed by atoms with van der Waals surface area (Å²) in [7, 11) is 3.37. The predicted octanol–water partition coefficient (Wildman–Crippen LogP) is 4.95. The third-order valence-electron chi connectivity index (χ3n) is 10.1. The van der Waals surface area contributed by atoms with Gasteiger partial charge in [0, 0.05) is 19.2 Å². The molecule has 0 aromatic heterocycles. The van der Waals surface area contributed by atoms with Gasteiger partial charge < -0.3 is 25.0 Å². The largest absolute Gasteiger partial charge is 0.497 e. The molecule has 34 heavy (non-hydrogen) atoms. The average Bonchev–Trinajstić information content (AvgIpc) is 3.14. The second-order valence-electron chi connectivity index (χ2n) is 11.6. The van der Waals surface area contributed by atoms with Crippen molar-refractivity contribution in [3.05, 3.63) is 35.9 Å². The molecule has 3 aliphatic carbocycles. The first-order valence-corrected chi connectivity index (χ1v) is 13.1. The normalized spacial score (nSPS) is 37.9. The summed E-state index contributed by atoms with van der Waals surface area (Å²) in [6.45, 7) is 11.2. The van der Waals surface area contributed by atoms with E-state index in [4.69, 9.17) is 9.47 Å². The van der Waals surface area contributed by atoms with Crippen LogP contribution in [0.3, 0.4) is 0 Å². The monoisotopic (exact) mass is 471 g/mol. The third kappa shape index (κ3) is 4.64. The second-order valence-corrected chi connectivity index (χ2v) is 11.6. The molecule has 3 N–H and O–H groups in total. The molecule has 1 aromatic rings. The number of fused-ring (bicyclic) bond motifs is 1. The Labute approximate surface area is 205 Å². The molecule has 5 heteroatoms. The first-order valence-electron chi connectivity index (χ1n) is 13.1. The number of methoxy groups -OCH3 is 2. The summed E-state index contributed by atoms with van der Waals surface area (Å²) in [6.07, 6.45) is 7.02. The Morgan fingerprint density at radius 2 is 1.74 bits per heavy atom. The standard InChI is InChI=1S/C29H45NO4/c1-19-6-7-26-25(17-30-16-20-12-23(33-4)15-24(13-20)34-5)27(9-11-28(19,26)2)29(3)10-8-22(32)14-21(29)18-31/h12-13,15,21-22,25-27,30-32H,1,6-11,14,16-18H2,2-5H3. The van der Waals surface area contributed by atoms with E-state index in [2.05, 4.69) is 37.9 Å². The SMILES string of the molecule is C=C1CCC2C(CNCc3cc(OC)cc(OC)c3)C(C3(C)CCC(O)CC3CO)CCC12C. The van der Waals surface area contributed by atoms with Crippen molar-refractivity contribution >= 4 is 0 Å². The molecule has 0 saturated heterocycles. The lowest BCUT2D eigenvalue weighted by atomic mass is 9.49. The minimum atomic E-state index is -0.273. The van der Waals surface area contributed by atoms with Crippen LogP contribution >= 0.6 is 0 Å². The third-order valence-corrected chi connectivity index (χ3v) is 10.1. The summed E-state index contributed by atoms with van der Waals surface area (Å²) in [6, 6.07) is 6.05. The van der Waals surface area contributed by atoms with Crippen LogP contribution in [0.4, 0.5) is 0 Å². The lowest BCUT2D eigenvalue weighted by Crippen LogP contribution is -2.53. The van der Waals surface area contributed by atoms with Gasteiger partial charge >= 0.3 is 0 Å². The smallest absolute Gasteiger partial charge is 0.122 e. The van der Waals surface area contributed by atoms with Crippen LogP contribution in [0.5, 0.6) is 11.5 Å². The molecule has 190 valence electrons. The van der Waals surface area contributed by atoms with Gasteiger partial charge in [-0.3, -0.25) is 0 Å². The van der Waals surface area contributed by atoms with Gasteiger partial charge in [0.15, 0.2) is 0 Å². The molecule has 5 nitrogen and oxygen atoms in total. The van der Waals surface area contributed by atoms with Gasteiger partial charge in [-0.05, 0) is 104 Å². The highest BCUT2D eigenvalue weighted by molar-refractivity contribution is 5.38. The quantitative estimate of drug-likeness (QED) is 0.468. The number of hydrogen-bond donors (Lipinski definition) is 3. The number of nitrogens with one attached hydrogen (secondary N) is 1. The molecular formula is C29H45NO4. The van der Waals surface area contributed by atoms with E-state index in [0.29, 0.717) is 17.8 Å². The summed E-state index contributed by atoms with van der Waals surface area (Å²) < 4.78 is 10.9. The number of hydrogen-bond acceptors (Lipinski definition) is 5. The van der Waals surface area contributed by atoms with Crippen LogP contribution in [-0.2, 0) is 6.54 Å². The molecule has 0 amide bonds. The first kappa shape index (κ1) is 25.5. The summed E-state index contributed by atoms with van der Waals surface area (Å²) >= 11 is 0. The zero-order chi connectivity index (χ0) is 24.5. The molecule has 4 rings (SSSR count). The van der Waals surface area contributed by atoms with E-state index in [1.807, 2.05) is 6.07 Å². The predicted molar refractivity (Wildman–Crippen MR) is 136 cm³/mol. The Bertz CT molecular complexity index is 849. The molecule has 0 spiro atoms. The zero-order valence-electron chi connectivity index (χ0n) is 21.6. The Morgan fingerprint density at radius 1 is 1.03 bits per heavy atom. The minimum Gasteiger partial charge on any atom is -0.497 e. The molecule has 7 atom stereocenters. The van der Waals surface area contributed by atoms with E-state index in [-0.39, 0.29) is 29.5 Å². The number of rotatable bonds is 8. The fraction of sp³-hybridized carbons (Fsp3) is 0.724. The molecule has 3 aliphatic rings. The van der Waals surface area contributed by atoms with E-state index in [1.165, 1.54) is 24.8 Å². The van der Waals surface area contributed by atoms with Gasteiger partial charge in [0.25, 0.3) is 0 Å². The summed E-state index contributed by atoms with van der Waals surface area (Å²) in [4.78, 5) is 0. The second kappa shape index (κ2) is 10.2. The zero-order valence-corrected chi connectivity index (χ0v) is 21.6. The minimum absolute atomic E-state index is 0.0603. The molecule has 0 heterocycles. The fourth-order valence-corrected chi connectivity index (χ4v) is 7.82. The van der Waals surface area contributed by atoms with Gasteiger partial charge in [-0.1, -0.05) is 26.0 Å². The van der Waals surface area contributed by atoms with Crippen molar-refractivity contribution in [2.45, 2.75) is 71.4 Å². The van der Waals surface area contributed by atoms with Crippen LogP contribution in [0.1, 0.15) is 64.4 Å². The molecular weight excluding hydrogens is 426 g/mol. The van der Waals surface area contributed by atoms with Crippen LogP contribution in [0, 0.1) is 34.5 Å². The van der Waals surface area contributed by atoms with Gasteiger partial charge in [-0.25, -0.2) is 0 Å². The molecule has 7 unspecified atom stereocenters. The van der Waals surface area contributed by atoms with Gasteiger partial charge in [-0.2, -0.15) is 0 Å². The highest BCUT2D eigenvalue weighted by Gasteiger charge is 2.56. The number of allylic oxidation sites excluding steroid dienone is 1. The molecule has 1 aromatic carbocycles. The number of ether oxygens (including phenoxy) is 2. The number of benzene rings is 1. The molecule has 3 fully saturated rings. The highest BCUT2D eigenvalue weighted by atomic mass is 16.5. The summed E-state index contributed by atoms with van der Waals surface area (Å²) in [5.74, 6) is 3.47. The van der Waals surface area contributed by atoms with Gasteiger partial charge in [-0.15, -0.1) is 0 Å². The lowest BCUT2D eigenvalue weighted by molar-refractivity contribution is -0.0933. The fourth-order valence-electron chi connectivity index (χ4n) is 7.82.